The first kappa shape index (κ1) is 18.4. The summed E-state index contributed by atoms with van der Waals surface area (Å²) < 4.78 is 26.1. The molecule has 1 N–H and O–H groups in total. The Bertz CT molecular complexity index is 997. The van der Waals surface area contributed by atoms with Gasteiger partial charge in [0.2, 0.25) is 0 Å². The van der Waals surface area contributed by atoms with E-state index in [-0.39, 0.29) is 16.9 Å². The third-order valence-electron chi connectivity index (χ3n) is 4.96. The lowest BCUT2D eigenvalue weighted by Crippen LogP contribution is -2.42. The van der Waals surface area contributed by atoms with Crippen molar-refractivity contribution in [2.75, 3.05) is 0 Å². The topological polar surface area (TPSA) is 93.4 Å². The number of benzene rings is 1. The Morgan fingerprint density at radius 1 is 1.15 bits per heavy atom. The maximum absolute atomic E-state index is 13.2. The number of nitrogens with zero attached hydrogens (tertiary/aromatic N) is 1. The summed E-state index contributed by atoms with van der Waals surface area (Å²) in [5.74, 6) is -1.81. The summed E-state index contributed by atoms with van der Waals surface area (Å²) >= 11 is 0. The number of fused-ring (bicyclic) bond motifs is 1. The number of hydrogen-bond donors (Lipinski definition) is 1. The molecular weight excluding hydrogens is 354 g/mol. The number of aryl methyl sites for hydroxylation is 1. The van der Waals surface area contributed by atoms with Crippen LogP contribution in [0.5, 0.6) is 0 Å². The van der Waals surface area contributed by atoms with E-state index in [0.29, 0.717) is 12.2 Å². The quantitative estimate of drug-likeness (QED) is 0.655. The number of carboxylic acids is 1. The Hall–Kier alpha value is -2.41. The summed E-state index contributed by atoms with van der Waals surface area (Å²) in [6, 6.07) is 9.02. The Morgan fingerprint density at radius 2 is 1.85 bits per heavy atom. The Labute approximate surface area is 152 Å². The van der Waals surface area contributed by atoms with Crippen LogP contribution in [-0.2, 0) is 26.6 Å². The van der Waals surface area contributed by atoms with Crippen molar-refractivity contribution in [2.24, 2.45) is 0 Å². The van der Waals surface area contributed by atoms with Gasteiger partial charge in [-0.1, -0.05) is 12.1 Å². The second kappa shape index (κ2) is 5.81. The van der Waals surface area contributed by atoms with Crippen molar-refractivity contribution in [3.63, 3.8) is 0 Å². The first-order valence-corrected chi connectivity index (χ1v) is 9.78. The maximum Gasteiger partial charge on any atom is 0.323 e. The fraction of sp³-hybridized carbons (Fsp3) is 0.368. The van der Waals surface area contributed by atoms with E-state index in [1.165, 1.54) is 24.3 Å². The number of aromatic nitrogens is 1. The molecule has 0 saturated heterocycles. The van der Waals surface area contributed by atoms with Gasteiger partial charge in [-0.15, -0.1) is 0 Å². The zero-order valence-corrected chi connectivity index (χ0v) is 15.7. The molecule has 0 amide bonds. The average molecular weight is 375 g/mol. The van der Waals surface area contributed by atoms with E-state index in [1.54, 1.807) is 43.7 Å². The molecule has 138 valence electrons. The Kier molecular flexibility index (Phi) is 4.10. The van der Waals surface area contributed by atoms with Crippen molar-refractivity contribution in [1.29, 1.82) is 0 Å². The number of carboxylic acid groups (broad SMARTS) is 1. The minimum Gasteiger partial charge on any atom is -0.480 e. The molecule has 1 atom stereocenters. The average Bonchev–Trinajstić information content (AvgIpc) is 3.15. The normalized spacial score (nSPS) is 20.0. The van der Waals surface area contributed by atoms with Crippen LogP contribution in [0.4, 0.5) is 0 Å². The van der Waals surface area contributed by atoms with E-state index in [2.05, 4.69) is 0 Å². The smallest absolute Gasteiger partial charge is 0.323 e. The van der Waals surface area contributed by atoms with Crippen molar-refractivity contribution in [1.82, 2.24) is 4.57 Å². The third-order valence-corrected chi connectivity index (χ3v) is 7.45. The molecule has 0 bridgehead atoms. The van der Waals surface area contributed by atoms with Gasteiger partial charge in [-0.2, -0.15) is 0 Å². The monoisotopic (exact) mass is 375 g/mol. The van der Waals surface area contributed by atoms with Crippen LogP contribution in [0, 0.1) is 0 Å². The lowest BCUT2D eigenvalue weighted by molar-refractivity contribution is -0.141. The SMILES string of the molecule is CC(C)(C)S(=O)(=O)c1cccc(C(=O)C2(C(=O)O)CCn3cccc32)c1. The number of carbonyl (C=O) groups excluding carboxylic acids is 1. The van der Waals surface area contributed by atoms with Crippen molar-refractivity contribution >= 4 is 21.6 Å². The highest BCUT2D eigenvalue weighted by atomic mass is 32.2. The highest BCUT2D eigenvalue weighted by molar-refractivity contribution is 7.92. The van der Waals surface area contributed by atoms with Crippen LogP contribution in [0.3, 0.4) is 0 Å². The van der Waals surface area contributed by atoms with Crippen LogP contribution in [0.15, 0.2) is 47.5 Å². The molecule has 3 rings (SSSR count). The second-order valence-electron chi connectivity index (χ2n) is 7.52. The van der Waals surface area contributed by atoms with Crippen molar-refractivity contribution < 1.29 is 23.1 Å². The molecule has 7 heteroatoms. The molecule has 0 spiro atoms. The highest BCUT2D eigenvalue weighted by Gasteiger charge is 2.52. The van der Waals surface area contributed by atoms with Crippen molar-refractivity contribution in [3.8, 4) is 0 Å². The summed E-state index contributed by atoms with van der Waals surface area (Å²) in [7, 11) is -3.65. The van der Waals surface area contributed by atoms with Crippen LogP contribution in [-0.4, -0.2) is 34.6 Å². The number of aliphatic carboxylic acids is 1. The summed E-state index contributed by atoms with van der Waals surface area (Å²) in [6.45, 7) is 5.18. The molecule has 1 aromatic carbocycles. The van der Waals surface area contributed by atoms with Crippen LogP contribution in [0.25, 0.3) is 0 Å². The first-order chi connectivity index (χ1) is 12.0. The van der Waals surface area contributed by atoms with Gasteiger partial charge in [0.25, 0.3) is 0 Å². The molecule has 0 saturated carbocycles. The number of sulfone groups is 1. The molecule has 1 aliphatic rings. The number of hydrogen-bond acceptors (Lipinski definition) is 4. The molecule has 6 nitrogen and oxygen atoms in total. The Balaban J connectivity index is 2.12. The van der Waals surface area contributed by atoms with E-state index >= 15 is 0 Å². The van der Waals surface area contributed by atoms with E-state index in [0.717, 1.165) is 0 Å². The van der Waals surface area contributed by atoms with Crippen molar-refractivity contribution in [3.05, 3.63) is 53.9 Å². The van der Waals surface area contributed by atoms with Gasteiger partial charge in [0.1, 0.15) is 0 Å². The fourth-order valence-corrected chi connectivity index (χ4v) is 4.61. The standard InChI is InChI=1S/C19H21NO5S/c1-18(2,3)26(24,25)14-7-4-6-13(12-14)16(21)19(17(22)23)9-11-20-10-5-8-15(19)20/h4-8,10,12H,9,11H2,1-3H3,(H,22,23). The predicted octanol–water partition coefficient (Wildman–Crippen LogP) is 2.67. The van der Waals surface area contributed by atoms with Crippen LogP contribution in [0.2, 0.25) is 0 Å². The zero-order valence-electron chi connectivity index (χ0n) is 14.9. The molecule has 1 aromatic heterocycles. The van der Waals surface area contributed by atoms with Gasteiger partial charge in [0.15, 0.2) is 21.0 Å². The highest BCUT2D eigenvalue weighted by Crippen LogP contribution is 2.39. The van der Waals surface area contributed by atoms with Gasteiger partial charge < -0.3 is 9.67 Å². The summed E-state index contributed by atoms with van der Waals surface area (Å²) in [5.41, 5.74) is -1.17. The van der Waals surface area contributed by atoms with E-state index < -0.39 is 31.8 Å². The summed E-state index contributed by atoms with van der Waals surface area (Å²) in [4.78, 5) is 25.3. The molecule has 0 radical (unpaired) electrons. The minimum absolute atomic E-state index is 0.0183. The molecule has 2 heterocycles. The van der Waals surface area contributed by atoms with Gasteiger partial charge in [-0.25, -0.2) is 8.42 Å². The van der Waals surface area contributed by atoms with Gasteiger partial charge in [-0.05, 0) is 51.5 Å². The number of ketones is 1. The third kappa shape index (κ3) is 2.49. The minimum atomic E-state index is -3.65. The Morgan fingerprint density at radius 3 is 2.46 bits per heavy atom. The van der Waals surface area contributed by atoms with Crippen LogP contribution in [0.1, 0.15) is 43.2 Å². The molecule has 0 fully saturated rings. The van der Waals surface area contributed by atoms with E-state index in [9.17, 15) is 23.1 Å². The number of Topliss-reactive ketones (excluding diaryl/α,β-unsaturated/α-hetero) is 1. The largest absolute Gasteiger partial charge is 0.480 e. The zero-order chi connectivity index (χ0) is 19.3. The molecule has 1 unspecified atom stereocenters. The lowest BCUT2D eigenvalue weighted by atomic mass is 9.76. The fourth-order valence-electron chi connectivity index (χ4n) is 3.36. The summed E-state index contributed by atoms with van der Waals surface area (Å²) in [5, 5.41) is 9.87. The molecule has 0 aliphatic carbocycles. The predicted molar refractivity (Wildman–Crippen MR) is 96.1 cm³/mol. The van der Waals surface area contributed by atoms with Gasteiger partial charge in [0.05, 0.1) is 9.64 Å². The van der Waals surface area contributed by atoms with E-state index in [4.69, 9.17) is 0 Å². The van der Waals surface area contributed by atoms with Gasteiger partial charge >= 0.3 is 5.97 Å². The molecule has 26 heavy (non-hydrogen) atoms. The molecular formula is C19H21NO5S. The number of rotatable bonds is 4. The van der Waals surface area contributed by atoms with Crippen LogP contribution < -0.4 is 0 Å². The van der Waals surface area contributed by atoms with Gasteiger partial charge in [0, 0.05) is 24.0 Å². The van der Waals surface area contributed by atoms with Gasteiger partial charge in [-0.3, -0.25) is 9.59 Å². The molecule has 2 aromatic rings. The van der Waals surface area contributed by atoms with Crippen LogP contribution >= 0.6 is 0 Å². The van der Waals surface area contributed by atoms with Crippen molar-refractivity contribution in [2.45, 2.75) is 48.8 Å². The maximum atomic E-state index is 13.2. The second-order valence-corrected chi connectivity index (χ2v) is 10.2. The summed E-state index contributed by atoms with van der Waals surface area (Å²) in [6.07, 6.45) is 1.89. The van der Waals surface area contributed by atoms with E-state index in [1.807, 2.05) is 0 Å². The molecule has 1 aliphatic heterocycles. The lowest BCUT2D eigenvalue weighted by Gasteiger charge is -2.23. The first-order valence-electron chi connectivity index (χ1n) is 8.30. The number of carbonyl (C=O) groups is 2.